The molecule has 1 aromatic rings. The van der Waals surface area contributed by atoms with Crippen molar-refractivity contribution < 1.29 is 17.6 Å². The van der Waals surface area contributed by atoms with Crippen molar-refractivity contribution in [1.29, 1.82) is 0 Å². The van der Waals surface area contributed by atoms with Gasteiger partial charge in [0.1, 0.15) is 5.82 Å². The van der Waals surface area contributed by atoms with Crippen LogP contribution >= 0.6 is 0 Å². The Hall–Kier alpha value is -1.18. The molecule has 2 saturated heterocycles. The van der Waals surface area contributed by atoms with Gasteiger partial charge in [0.2, 0.25) is 0 Å². The second-order valence-electron chi connectivity index (χ2n) is 6.28. The van der Waals surface area contributed by atoms with Crippen LogP contribution in [0, 0.1) is 5.82 Å². The number of hydrogen-bond acceptors (Lipinski definition) is 3. The molecule has 7 heteroatoms. The molecule has 1 atom stereocenters. The first-order valence-corrected chi connectivity index (χ1v) is 7.96. The highest BCUT2D eigenvalue weighted by Crippen LogP contribution is 2.32. The van der Waals surface area contributed by atoms with Gasteiger partial charge in [-0.05, 0) is 24.1 Å². The summed E-state index contributed by atoms with van der Waals surface area (Å²) in [5, 5.41) is 3.32. The Labute approximate surface area is 133 Å². The van der Waals surface area contributed by atoms with Gasteiger partial charge in [0.25, 0.3) is 0 Å². The summed E-state index contributed by atoms with van der Waals surface area (Å²) in [6, 6.07) is 3.78. The number of halogens is 4. The number of hydrogen-bond donors (Lipinski definition) is 1. The van der Waals surface area contributed by atoms with Crippen LogP contribution in [0.2, 0.25) is 0 Å². The lowest BCUT2D eigenvalue weighted by molar-refractivity contribution is -0.140. The van der Waals surface area contributed by atoms with Crippen molar-refractivity contribution in [2.75, 3.05) is 39.3 Å². The van der Waals surface area contributed by atoms with Crippen molar-refractivity contribution in [3.8, 4) is 0 Å². The van der Waals surface area contributed by atoms with Crippen LogP contribution < -0.4 is 5.32 Å². The second-order valence-corrected chi connectivity index (χ2v) is 6.28. The van der Waals surface area contributed by atoms with Crippen LogP contribution in [-0.4, -0.2) is 55.1 Å². The average Bonchev–Trinajstić information content (AvgIpc) is 2.97. The predicted octanol–water partition coefficient (Wildman–Crippen LogP) is 2.32. The van der Waals surface area contributed by atoms with E-state index >= 15 is 0 Å². The average molecular weight is 331 g/mol. The Morgan fingerprint density at radius 1 is 1.13 bits per heavy atom. The van der Waals surface area contributed by atoms with Gasteiger partial charge in [0.05, 0.1) is 5.56 Å². The Bertz CT molecular complexity index is 541. The molecule has 2 fully saturated rings. The van der Waals surface area contributed by atoms with Crippen LogP contribution in [0.25, 0.3) is 0 Å². The third-order valence-electron chi connectivity index (χ3n) is 4.66. The van der Waals surface area contributed by atoms with E-state index < -0.39 is 17.6 Å². The van der Waals surface area contributed by atoms with E-state index in [9.17, 15) is 17.6 Å². The first-order valence-electron chi connectivity index (χ1n) is 7.96. The van der Waals surface area contributed by atoms with Crippen molar-refractivity contribution in [2.45, 2.75) is 25.2 Å². The van der Waals surface area contributed by atoms with E-state index in [1.165, 1.54) is 6.07 Å². The van der Waals surface area contributed by atoms with Crippen LogP contribution in [0.5, 0.6) is 0 Å². The molecule has 0 saturated carbocycles. The summed E-state index contributed by atoms with van der Waals surface area (Å²) in [6.07, 6.45) is -3.61. The van der Waals surface area contributed by atoms with Crippen molar-refractivity contribution in [3.05, 3.63) is 35.1 Å². The smallest absolute Gasteiger partial charge is 0.314 e. The molecule has 0 radical (unpaired) electrons. The third-order valence-corrected chi connectivity index (χ3v) is 4.66. The first-order chi connectivity index (χ1) is 10.9. The zero-order valence-corrected chi connectivity index (χ0v) is 12.9. The highest BCUT2D eigenvalue weighted by atomic mass is 19.4. The van der Waals surface area contributed by atoms with Crippen molar-refractivity contribution in [2.24, 2.45) is 0 Å². The molecule has 1 unspecified atom stereocenters. The number of likely N-dealkylation sites (tertiary alicyclic amines) is 1. The second kappa shape index (κ2) is 6.75. The Morgan fingerprint density at radius 3 is 2.57 bits per heavy atom. The molecule has 0 spiro atoms. The maximum atomic E-state index is 13.3. The summed E-state index contributed by atoms with van der Waals surface area (Å²) in [5.41, 5.74) is -0.660. The monoisotopic (exact) mass is 331 g/mol. The zero-order valence-electron chi connectivity index (χ0n) is 12.9. The maximum Gasteiger partial charge on any atom is 0.419 e. The van der Waals surface area contributed by atoms with E-state index in [4.69, 9.17) is 0 Å². The van der Waals surface area contributed by atoms with Crippen LogP contribution in [0.15, 0.2) is 18.2 Å². The van der Waals surface area contributed by atoms with Gasteiger partial charge in [0, 0.05) is 51.9 Å². The highest BCUT2D eigenvalue weighted by Gasteiger charge is 2.34. The lowest BCUT2D eigenvalue weighted by Crippen LogP contribution is -2.49. The molecule has 2 heterocycles. The normalized spacial score (nSPS) is 24.3. The summed E-state index contributed by atoms with van der Waals surface area (Å²) in [7, 11) is 0. The number of nitrogens with one attached hydrogen (secondary N) is 1. The molecule has 128 valence electrons. The highest BCUT2D eigenvalue weighted by molar-refractivity contribution is 5.27. The lowest BCUT2D eigenvalue weighted by atomic mass is 10.1. The van der Waals surface area contributed by atoms with Crippen molar-refractivity contribution >= 4 is 0 Å². The van der Waals surface area contributed by atoms with Gasteiger partial charge in [-0.3, -0.25) is 9.80 Å². The molecular weight excluding hydrogens is 310 g/mol. The summed E-state index contributed by atoms with van der Waals surface area (Å²) in [5.74, 6) is -1.21. The van der Waals surface area contributed by atoms with E-state index in [1.807, 2.05) is 0 Å². The minimum absolute atomic E-state index is 0.436. The van der Waals surface area contributed by atoms with E-state index in [0.29, 0.717) is 18.2 Å². The van der Waals surface area contributed by atoms with Crippen LogP contribution in [0.1, 0.15) is 17.5 Å². The van der Waals surface area contributed by atoms with Gasteiger partial charge in [-0.2, -0.15) is 13.2 Å². The minimum Gasteiger partial charge on any atom is -0.314 e. The summed E-state index contributed by atoms with van der Waals surface area (Å²) < 4.78 is 51.7. The predicted molar refractivity (Wildman–Crippen MR) is 79.5 cm³/mol. The molecule has 0 amide bonds. The number of nitrogens with zero attached hydrogens (tertiary/aromatic N) is 2. The standard InChI is InChI=1S/C16H21F4N3/c17-15-2-1-12(9-14(15)16(18,19)20)10-22-6-3-13(11-22)23-7-4-21-5-8-23/h1-2,9,13,21H,3-8,10-11H2. The van der Waals surface area contributed by atoms with Gasteiger partial charge in [-0.1, -0.05) is 6.07 Å². The van der Waals surface area contributed by atoms with Crippen molar-refractivity contribution in [3.63, 3.8) is 0 Å². The van der Waals surface area contributed by atoms with E-state index in [1.54, 1.807) is 0 Å². The fourth-order valence-electron chi connectivity index (χ4n) is 3.45. The molecule has 2 aliphatic heterocycles. The van der Waals surface area contributed by atoms with Gasteiger partial charge in [0.15, 0.2) is 0 Å². The third kappa shape index (κ3) is 4.02. The molecular formula is C16H21F4N3. The Morgan fingerprint density at radius 2 is 1.87 bits per heavy atom. The Balaban J connectivity index is 1.62. The van der Waals surface area contributed by atoms with Gasteiger partial charge >= 0.3 is 6.18 Å². The fourth-order valence-corrected chi connectivity index (χ4v) is 3.45. The lowest BCUT2D eigenvalue weighted by Gasteiger charge is -2.32. The largest absolute Gasteiger partial charge is 0.419 e. The van der Waals surface area contributed by atoms with Gasteiger partial charge < -0.3 is 5.32 Å². The van der Waals surface area contributed by atoms with Gasteiger partial charge in [-0.25, -0.2) is 4.39 Å². The first kappa shape index (κ1) is 16.7. The van der Waals surface area contributed by atoms with Crippen LogP contribution in [0.4, 0.5) is 17.6 Å². The molecule has 1 N–H and O–H groups in total. The van der Waals surface area contributed by atoms with Crippen molar-refractivity contribution in [1.82, 2.24) is 15.1 Å². The molecule has 0 bridgehead atoms. The topological polar surface area (TPSA) is 18.5 Å². The van der Waals surface area contributed by atoms with E-state index in [2.05, 4.69) is 15.1 Å². The summed E-state index contributed by atoms with van der Waals surface area (Å²) in [6.45, 7) is 6.19. The van der Waals surface area contributed by atoms with Crippen LogP contribution in [-0.2, 0) is 12.7 Å². The quantitative estimate of drug-likeness (QED) is 0.858. The Kier molecular flexibility index (Phi) is 4.89. The fraction of sp³-hybridized carbons (Fsp3) is 0.625. The molecule has 3 nitrogen and oxygen atoms in total. The van der Waals surface area contributed by atoms with E-state index in [-0.39, 0.29) is 0 Å². The molecule has 3 rings (SSSR count). The number of alkyl halides is 3. The number of rotatable bonds is 3. The SMILES string of the molecule is Fc1ccc(CN2CCC(N3CCNCC3)C2)cc1C(F)(F)F. The molecule has 0 aromatic heterocycles. The summed E-state index contributed by atoms with van der Waals surface area (Å²) in [4.78, 5) is 4.60. The zero-order chi connectivity index (χ0) is 16.4. The van der Waals surface area contributed by atoms with E-state index in [0.717, 1.165) is 57.8 Å². The maximum absolute atomic E-state index is 13.3. The molecule has 1 aromatic carbocycles. The van der Waals surface area contributed by atoms with Gasteiger partial charge in [-0.15, -0.1) is 0 Å². The van der Waals surface area contributed by atoms with Crippen LogP contribution in [0.3, 0.4) is 0 Å². The number of piperazine rings is 1. The molecule has 0 aliphatic carbocycles. The summed E-state index contributed by atoms with van der Waals surface area (Å²) >= 11 is 0. The number of benzene rings is 1. The molecule has 2 aliphatic rings. The molecule has 23 heavy (non-hydrogen) atoms. The minimum atomic E-state index is -4.64.